The number of hydrogen-bond donors (Lipinski definition) is 2. The lowest BCUT2D eigenvalue weighted by atomic mass is 9.78. The lowest BCUT2D eigenvalue weighted by molar-refractivity contribution is -0.125. The largest absolute Gasteiger partial charge is 0.356 e. The van der Waals surface area contributed by atoms with E-state index in [4.69, 9.17) is 23.2 Å². The normalized spacial score (nSPS) is 19.1. The topological polar surface area (TPSA) is 58.2 Å². The number of benzene rings is 2. The maximum Gasteiger partial charge on any atom is 0.255 e. The Labute approximate surface area is 175 Å². The molecule has 28 heavy (non-hydrogen) atoms. The van der Waals surface area contributed by atoms with Crippen molar-refractivity contribution in [2.24, 2.45) is 5.92 Å². The molecule has 1 aliphatic carbocycles. The third-order valence-electron chi connectivity index (χ3n) is 5.27. The average molecular weight is 419 g/mol. The van der Waals surface area contributed by atoms with Crippen molar-refractivity contribution in [3.63, 3.8) is 0 Å². The highest BCUT2D eigenvalue weighted by Gasteiger charge is 2.26. The summed E-state index contributed by atoms with van der Waals surface area (Å²) in [6.07, 6.45) is 3.87. The number of halogens is 2. The van der Waals surface area contributed by atoms with Gasteiger partial charge in [0.1, 0.15) is 0 Å². The van der Waals surface area contributed by atoms with Crippen molar-refractivity contribution >= 4 is 40.7 Å². The quantitative estimate of drug-likeness (QED) is 0.658. The molecule has 2 amide bonds. The van der Waals surface area contributed by atoms with Crippen molar-refractivity contribution in [1.29, 1.82) is 0 Å². The Kier molecular flexibility index (Phi) is 6.97. The van der Waals surface area contributed by atoms with Gasteiger partial charge in [0.05, 0.1) is 10.0 Å². The molecule has 0 spiro atoms. The number of anilines is 1. The van der Waals surface area contributed by atoms with Gasteiger partial charge in [-0.2, -0.15) is 0 Å². The molecule has 2 aromatic carbocycles. The van der Waals surface area contributed by atoms with Crippen molar-refractivity contribution in [1.82, 2.24) is 5.32 Å². The number of carbonyl (C=O) groups is 2. The van der Waals surface area contributed by atoms with Gasteiger partial charge in [-0.05, 0) is 74.4 Å². The van der Waals surface area contributed by atoms with Crippen LogP contribution in [0.5, 0.6) is 0 Å². The smallest absolute Gasteiger partial charge is 0.255 e. The van der Waals surface area contributed by atoms with Crippen molar-refractivity contribution in [3.8, 4) is 0 Å². The second kappa shape index (κ2) is 9.44. The lowest BCUT2D eigenvalue weighted by Gasteiger charge is -2.28. The minimum Gasteiger partial charge on any atom is -0.356 e. The molecular weight excluding hydrogens is 395 g/mol. The third-order valence-corrected chi connectivity index (χ3v) is 6.01. The minimum absolute atomic E-state index is 0.140. The summed E-state index contributed by atoms with van der Waals surface area (Å²) in [7, 11) is 0. The first-order valence-corrected chi connectivity index (χ1v) is 10.4. The van der Waals surface area contributed by atoms with E-state index in [2.05, 4.69) is 22.8 Å². The van der Waals surface area contributed by atoms with Gasteiger partial charge >= 0.3 is 0 Å². The van der Waals surface area contributed by atoms with Gasteiger partial charge < -0.3 is 10.6 Å². The first-order chi connectivity index (χ1) is 13.5. The van der Waals surface area contributed by atoms with E-state index in [0.29, 0.717) is 28.1 Å². The molecule has 0 unspecified atom stereocenters. The standard InChI is InChI=1S/C22H24Cl2N2O2/c1-2-25-21(27)16-5-3-14(4-6-16)15-7-10-18(11-8-15)26-22(28)17-9-12-19(23)20(24)13-17/h7-14,16H,2-6H2,1H3,(H,25,27)(H,26,28). The van der Waals surface area contributed by atoms with Crippen molar-refractivity contribution in [2.75, 3.05) is 11.9 Å². The van der Waals surface area contributed by atoms with Gasteiger partial charge in [-0.25, -0.2) is 0 Å². The minimum atomic E-state index is -0.228. The lowest BCUT2D eigenvalue weighted by Crippen LogP contribution is -2.32. The molecule has 0 aromatic heterocycles. The van der Waals surface area contributed by atoms with Crippen LogP contribution >= 0.6 is 23.2 Å². The number of hydrogen-bond acceptors (Lipinski definition) is 2. The van der Waals surface area contributed by atoms with Gasteiger partial charge in [-0.1, -0.05) is 35.3 Å². The Morgan fingerprint density at radius 2 is 1.64 bits per heavy atom. The van der Waals surface area contributed by atoms with Gasteiger partial charge in [-0.15, -0.1) is 0 Å². The summed E-state index contributed by atoms with van der Waals surface area (Å²) in [6.45, 7) is 2.64. The van der Waals surface area contributed by atoms with Gasteiger partial charge in [0.25, 0.3) is 5.91 Å². The van der Waals surface area contributed by atoms with Crippen LogP contribution < -0.4 is 10.6 Å². The zero-order valence-corrected chi connectivity index (χ0v) is 17.3. The highest BCUT2D eigenvalue weighted by molar-refractivity contribution is 6.42. The highest BCUT2D eigenvalue weighted by Crippen LogP contribution is 2.36. The number of carbonyl (C=O) groups excluding carboxylic acids is 2. The molecule has 6 heteroatoms. The molecule has 2 aromatic rings. The molecule has 0 saturated heterocycles. The van der Waals surface area contributed by atoms with Crippen LogP contribution in [-0.4, -0.2) is 18.4 Å². The molecule has 0 atom stereocenters. The molecule has 1 aliphatic rings. The molecule has 0 aliphatic heterocycles. The predicted octanol–water partition coefficient (Wildman–Crippen LogP) is 5.66. The molecule has 1 fully saturated rings. The van der Waals surface area contributed by atoms with Gasteiger partial charge in [-0.3, -0.25) is 9.59 Å². The summed E-state index contributed by atoms with van der Waals surface area (Å²) >= 11 is 11.9. The van der Waals surface area contributed by atoms with E-state index in [1.54, 1.807) is 18.2 Å². The fraction of sp³-hybridized carbons (Fsp3) is 0.364. The van der Waals surface area contributed by atoms with E-state index < -0.39 is 0 Å². The average Bonchev–Trinajstić information content (AvgIpc) is 2.71. The highest BCUT2D eigenvalue weighted by atomic mass is 35.5. The maximum absolute atomic E-state index is 12.4. The van der Waals surface area contributed by atoms with E-state index >= 15 is 0 Å². The van der Waals surface area contributed by atoms with Gasteiger partial charge in [0.2, 0.25) is 5.91 Å². The van der Waals surface area contributed by atoms with Crippen molar-refractivity contribution in [2.45, 2.75) is 38.5 Å². The summed E-state index contributed by atoms with van der Waals surface area (Å²) in [4.78, 5) is 24.3. The van der Waals surface area contributed by atoms with Crippen LogP contribution in [-0.2, 0) is 4.79 Å². The summed E-state index contributed by atoms with van der Waals surface area (Å²) in [5.74, 6) is 0.557. The first-order valence-electron chi connectivity index (χ1n) is 9.62. The predicted molar refractivity (Wildman–Crippen MR) is 114 cm³/mol. The zero-order chi connectivity index (χ0) is 20.1. The Morgan fingerprint density at radius 1 is 0.964 bits per heavy atom. The molecule has 0 radical (unpaired) electrons. The first kappa shape index (κ1) is 20.7. The molecule has 2 N–H and O–H groups in total. The molecule has 1 saturated carbocycles. The van der Waals surface area contributed by atoms with Crippen LogP contribution in [0.1, 0.15) is 54.4 Å². The zero-order valence-electron chi connectivity index (χ0n) is 15.8. The van der Waals surface area contributed by atoms with Crippen LogP contribution in [0.4, 0.5) is 5.69 Å². The van der Waals surface area contributed by atoms with Crippen LogP contribution in [0, 0.1) is 5.92 Å². The second-order valence-electron chi connectivity index (χ2n) is 7.15. The van der Waals surface area contributed by atoms with E-state index in [-0.39, 0.29) is 17.7 Å². The van der Waals surface area contributed by atoms with E-state index in [1.165, 1.54) is 5.56 Å². The maximum atomic E-state index is 12.4. The van der Waals surface area contributed by atoms with Crippen LogP contribution in [0.25, 0.3) is 0 Å². The van der Waals surface area contributed by atoms with Gasteiger partial charge in [0.15, 0.2) is 0 Å². The van der Waals surface area contributed by atoms with Gasteiger partial charge in [0, 0.05) is 23.7 Å². The van der Waals surface area contributed by atoms with E-state index in [1.807, 2.05) is 19.1 Å². The summed E-state index contributed by atoms with van der Waals surface area (Å²) < 4.78 is 0. The van der Waals surface area contributed by atoms with Crippen LogP contribution in [0.2, 0.25) is 10.0 Å². The number of rotatable bonds is 5. The molecular formula is C22H24Cl2N2O2. The third kappa shape index (κ3) is 5.06. The SMILES string of the molecule is CCNC(=O)C1CCC(c2ccc(NC(=O)c3ccc(Cl)c(Cl)c3)cc2)CC1. The van der Waals surface area contributed by atoms with Crippen LogP contribution in [0.15, 0.2) is 42.5 Å². The monoisotopic (exact) mass is 418 g/mol. The van der Waals surface area contributed by atoms with Crippen molar-refractivity contribution < 1.29 is 9.59 Å². The molecule has 0 bridgehead atoms. The van der Waals surface area contributed by atoms with Crippen LogP contribution in [0.3, 0.4) is 0 Å². The van der Waals surface area contributed by atoms with Crippen molar-refractivity contribution in [3.05, 3.63) is 63.6 Å². The number of nitrogens with one attached hydrogen (secondary N) is 2. The second-order valence-corrected chi connectivity index (χ2v) is 7.96. The molecule has 0 heterocycles. The summed E-state index contributed by atoms with van der Waals surface area (Å²) in [5.41, 5.74) is 2.44. The summed E-state index contributed by atoms with van der Waals surface area (Å²) in [6, 6.07) is 12.8. The van der Waals surface area contributed by atoms with E-state index in [0.717, 1.165) is 31.4 Å². The number of amides is 2. The molecule has 3 rings (SSSR count). The van der Waals surface area contributed by atoms with E-state index in [9.17, 15) is 9.59 Å². The summed E-state index contributed by atoms with van der Waals surface area (Å²) in [5, 5.41) is 6.57. The fourth-order valence-corrected chi connectivity index (χ4v) is 3.98. The Hall–Kier alpha value is -2.04. The Balaban J connectivity index is 1.57. The Morgan fingerprint density at radius 3 is 2.25 bits per heavy atom. The Bertz CT molecular complexity index is 844. The molecule has 4 nitrogen and oxygen atoms in total. The molecule has 148 valence electrons. The fourth-order valence-electron chi connectivity index (χ4n) is 3.69.